The van der Waals surface area contributed by atoms with Gasteiger partial charge < -0.3 is 10.0 Å². The van der Waals surface area contributed by atoms with Gasteiger partial charge in [0.1, 0.15) is 0 Å². The van der Waals surface area contributed by atoms with Gasteiger partial charge in [-0.1, -0.05) is 27.2 Å². The highest BCUT2D eigenvalue weighted by Crippen LogP contribution is 2.27. The predicted molar refractivity (Wildman–Crippen MR) is 58.7 cm³/mol. The molecule has 0 aromatic heterocycles. The number of aliphatic carboxylic acids is 1. The predicted octanol–water partition coefficient (Wildman–Crippen LogP) is 2.62. The second kappa shape index (κ2) is 6.83. The Morgan fingerprint density at radius 2 is 1.82 bits per heavy atom. The number of hydrogen-bond acceptors (Lipinski definition) is 2. The number of carboxylic acid groups (broad SMARTS) is 1. The van der Waals surface area contributed by atoms with Gasteiger partial charge in [0.25, 0.3) is 0 Å². The van der Waals surface area contributed by atoms with Gasteiger partial charge in [0.2, 0.25) is 0 Å². The lowest BCUT2D eigenvalue weighted by Gasteiger charge is -2.27. The molecule has 0 radical (unpaired) electrons. The highest BCUT2D eigenvalue weighted by atomic mass is 19.4. The second-order valence-corrected chi connectivity index (χ2v) is 4.30. The molecule has 0 rings (SSSR count). The first-order valence-corrected chi connectivity index (χ1v) is 5.74. The summed E-state index contributed by atoms with van der Waals surface area (Å²) in [4.78, 5) is 12.1. The zero-order chi connectivity index (χ0) is 13.6. The summed E-state index contributed by atoms with van der Waals surface area (Å²) in [6, 6.07) is 0. The first-order valence-electron chi connectivity index (χ1n) is 5.74. The number of carboxylic acids is 1. The van der Waals surface area contributed by atoms with Crippen molar-refractivity contribution in [2.24, 2.45) is 11.8 Å². The summed E-state index contributed by atoms with van der Waals surface area (Å²) >= 11 is 0. The summed E-state index contributed by atoms with van der Waals surface area (Å²) in [5.74, 6) is -3.84. The second-order valence-electron chi connectivity index (χ2n) is 4.30. The topological polar surface area (TPSA) is 40.5 Å². The summed E-state index contributed by atoms with van der Waals surface area (Å²) in [6.45, 7) is 6.07. The number of alkyl halides is 3. The van der Waals surface area contributed by atoms with E-state index in [-0.39, 0.29) is 5.92 Å². The number of nitrogens with zero attached hydrogens (tertiary/aromatic N) is 1. The Morgan fingerprint density at radius 3 is 2.12 bits per heavy atom. The van der Waals surface area contributed by atoms with Crippen LogP contribution in [0, 0.1) is 11.8 Å². The molecule has 0 saturated heterocycles. The summed E-state index contributed by atoms with van der Waals surface area (Å²) in [5, 5.41) is 8.60. The fraction of sp³-hybridized carbons (Fsp3) is 0.909. The van der Waals surface area contributed by atoms with Crippen LogP contribution in [-0.4, -0.2) is 41.8 Å². The smallest absolute Gasteiger partial charge is 0.403 e. The van der Waals surface area contributed by atoms with Crippen LogP contribution in [0.4, 0.5) is 13.2 Å². The Bertz CT molecular complexity index is 243. The molecule has 0 aromatic carbocycles. The fourth-order valence-electron chi connectivity index (χ4n) is 1.48. The minimum absolute atomic E-state index is 0.262. The van der Waals surface area contributed by atoms with Gasteiger partial charge in [-0.15, -0.1) is 0 Å². The number of carbonyl (C=O) groups is 1. The van der Waals surface area contributed by atoms with E-state index in [2.05, 4.69) is 0 Å². The quantitative estimate of drug-likeness (QED) is 0.760. The van der Waals surface area contributed by atoms with Crippen LogP contribution in [0.1, 0.15) is 27.2 Å². The van der Waals surface area contributed by atoms with E-state index >= 15 is 0 Å². The summed E-state index contributed by atoms with van der Waals surface area (Å²) in [7, 11) is 0. The molecule has 0 spiro atoms. The standard InChI is InChI=1S/C11H20F3NO2/c1-4-8(3)6-15(5-2)7-9(10(16)17)11(12,13)14/h8-9H,4-7H2,1-3H3,(H,16,17). The molecule has 0 bridgehead atoms. The Hall–Kier alpha value is -0.780. The third-order valence-electron chi connectivity index (χ3n) is 2.85. The Balaban J connectivity index is 4.56. The van der Waals surface area contributed by atoms with Crippen LogP contribution in [0.25, 0.3) is 0 Å². The summed E-state index contributed by atoms with van der Waals surface area (Å²) in [6.07, 6.45) is -3.82. The van der Waals surface area contributed by atoms with Crippen molar-refractivity contribution in [1.29, 1.82) is 0 Å². The van der Waals surface area contributed by atoms with Crippen molar-refractivity contribution < 1.29 is 23.1 Å². The van der Waals surface area contributed by atoms with Crippen molar-refractivity contribution in [1.82, 2.24) is 4.90 Å². The van der Waals surface area contributed by atoms with Gasteiger partial charge in [0.15, 0.2) is 5.92 Å². The minimum Gasteiger partial charge on any atom is -0.481 e. The first kappa shape index (κ1) is 16.2. The molecule has 6 heteroatoms. The monoisotopic (exact) mass is 255 g/mol. The van der Waals surface area contributed by atoms with Crippen LogP contribution >= 0.6 is 0 Å². The van der Waals surface area contributed by atoms with Gasteiger partial charge in [0, 0.05) is 13.1 Å². The highest BCUT2D eigenvalue weighted by Gasteiger charge is 2.45. The lowest BCUT2D eigenvalue weighted by Crippen LogP contribution is -2.42. The van der Waals surface area contributed by atoms with E-state index in [1.165, 1.54) is 0 Å². The maximum Gasteiger partial charge on any atom is 0.403 e. The minimum atomic E-state index is -4.69. The molecule has 0 aliphatic rings. The molecule has 0 aromatic rings. The van der Waals surface area contributed by atoms with Gasteiger partial charge in [-0.3, -0.25) is 4.79 Å². The van der Waals surface area contributed by atoms with E-state index in [1.807, 2.05) is 13.8 Å². The largest absolute Gasteiger partial charge is 0.481 e. The van der Waals surface area contributed by atoms with E-state index in [0.717, 1.165) is 6.42 Å². The third-order valence-corrected chi connectivity index (χ3v) is 2.85. The molecule has 0 fully saturated rings. The molecule has 0 aliphatic carbocycles. The Kier molecular flexibility index (Phi) is 6.52. The van der Waals surface area contributed by atoms with Gasteiger partial charge in [-0.05, 0) is 12.5 Å². The van der Waals surface area contributed by atoms with Crippen molar-refractivity contribution in [3.05, 3.63) is 0 Å². The SMILES string of the molecule is CCC(C)CN(CC)CC(C(=O)O)C(F)(F)F. The molecule has 17 heavy (non-hydrogen) atoms. The number of hydrogen-bond donors (Lipinski definition) is 1. The van der Waals surface area contributed by atoms with Crippen LogP contribution in [-0.2, 0) is 4.79 Å². The number of halogens is 3. The van der Waals surface area contributed by atoms with Gasteiger partial charge in [0.05, 0.1) is 0 Å². The average Bonchev–Trinajstić information content (AvgIpc) is 2.21. The maximum atomic E-state index is 12.5. The molecule has 0 amide bonds. The first-order chi connectivity index (χ1) is 7.72. The zero-order valence-corrected chi connectivity index (χ0v) is 10.4. The maximum absolute atomic E-state index is 12.5. The van der Waals surface area contributed by atoms with Crippen LogP contribution in [0.15, 0.2) is 0 Å². The number of rotatable bonds is 7. The average molecular weight is 255 g/mol. The summed E-state index contributed by atoms with van der Waals surface area (Å²) in [5.41, 5.74) is 0. The molecular weight excluding hydrogens is 235 g/mol. The fourth-order valence-corrected chi connectivity index (χ4v) is 1.48. The van der Waals surface area contributed by atoms with E-state index < -0.39 is 24.6 Å². The highest BCUT2D eigenvalue weighted by molar-refractivity contribution is 5.71. The normalized spacial score (nSPS) is 15.9. The van der Waals surface area contributed by atoms with Crippen LogP contribution < -0.4 is 0 Å². The molecule has 1 N–H and O–H groups in total. The molecule has 0 heterocycles. The molecule has 2 atom stereocenters. The zero-order valence-electron chi connectivity index (χ0n) is 10.4. The van der Waals surface area contributed by atoms with E-state index in [1.54, 1.807) is 11.8 Å². The van der Waals surface area contributed by atoms with Crippen LogP contribution in [0.3, 0.4) is 0 Å². The van der Waals surface area contributed by atoms with E-state index in [4.69, 9.17) is 5.11 Å². The van der Waals surface area contributed by atoms with Crippen LogP contribution in [0.5, 0.6) is 0 Å². The molecule has 0 aliphatic heterocycles. The molecule has 2 unspecified atom stereocenters. The van der Waals surface area contributed by atoms with Gasteiger partial charge in [-0.2, -0.15) is 13.2 Å². The van der Waals surface area contributed by atoms with Crippen molar-refractivity contribution in [2.75, 3.05) is 19.6 Å². The molecule has 0 saturated carbocycles. The van der Waals surface area contributed by atoms with Gasteiger partial charge >= 0.3 is 12.1 Å². The Labute approximate surface area is 99.6 Å². The summed E-state index contributed by atoms with van der Waals surface area (Å²) < 4.78 is 37.4. The van der Waals surface area contributed by atoms with E-state index in [9.17, 15) is 18.0 Å². The third kappa shape index (κ3) is 5.91. The van der Waals surface area contributed by atoms with Crippen molar-refractivity contribution in [3.63, 3.8) is 0 Å². The van der Waals surface area contributed by atoms with Crippen molar-refractivity contribution in [3.8, 4) is 0 Å². The van der Waals surface area contributed by atoms with Crippen molar-refractivity contribution in [2.45, 2.75) is 33.4 Å². The lowest BCUT2D eigenvalue weighted by atomic mass is 10.1. The molecule has 102 valence electrons. The van der Waals surface area contributed by atoms with Gasteiger partial charge in [-0.25, -0.2) is 0 Å². The van der Waals surface area contributed by atoms with Crippen LogP contribution in [0.2, 0.25) is 0 Å². The Morgan fingerprint density at radius 1 is 1.29 bits per heavy atom. The molecule has 3 nitrogen and oxygen atoms in total. The van der Waals surface area contributed by atoms with Crippen molar-refractivity contribution >= 4 is 5.97 Å². The van der Waals surface area contributed by atoms with E-state index in [0.29, 0.717) is 13.1 Å². The lowest BCUT2D eigenvalue weighted by molar-refractivity contribution is -0.196. The molecular formula is C11H20F3NO2.